The molecule has 1 saturated heterocycles. The molecule has 1 aliphatic heterocycles. The molecule has 2 nitrogen and oxygen atoms in total. The van der Waals surface area contributed by atoms with E-state index in [1.807, 2.05) is 0 Å². The summed E-state index contributed by atoms with van der Waals surface area (Å²) in [5, 5.41) is 6.25. The molecule has 0 radical (unpaired) electrons. The van der Waals surface area contributed by atoms with Crippen LogP contribution in [0.5, 0.6) is 0 Å². The number of nitrogens with one attached hydrogen (secondary N) is 1. The monoisotopic (exact) mass is 241 g/mol. The van der Waals surface area contributed by atoms with Gasteiger partial charge in [0, 0.05) is 18.7 Å². The van der Waals surface area contributed by atoms with Gasteiger partial charge < -0.3 is 10.1 Å². The van der Waals surface area contributed by atoms with Gasteiger partial charge in [0.15, 0.2) is 0 Å². The lowest BCUT2D eigenvalue weighted by Gasteiger charge is -2.19. The average Bonchev–Trinajstić information content (AvgIpc) is 2.91. The molecule has 1 fully saturated rings. The Morgan fingerprint density at radius 2 is 2.00 bits per heavy atom. The van der Waals surface area contributed by atoms with E-state index < -0.39 is 0 Å². The Morgan fingerprint density at radius 1 is 1.17 bits per heavy atom. The lowest BCUT2D eigenvalue weighted by Crippen LogP contribution is -2.31. The summed E-state index contributed by atoms with van der Waals surface area (Å²) in [6.45, 7) is 3.96. The minimum Gasteiger partial charge on any atom is -0.380 e. The highest BCUT2D eigenvalue weighted by Crippen LogP contribution is 2.21. The van der Waals surface area contributed by atoms with Gasteiger partial charge in [-0.25, -0.2) is 0 Å². The first-order valence-corrected chi connectivity index (χ1v) is 6.65. The minimum atomic E-state index is 0.376. The predicted molar refractivity (Wildman–Crippen MR) is 74.7 cm³/mol. The molecule has 0 spiro atoms. The van der Waals surface area contributed by atoms with Crippen molar-refractivity contribution in [1.29, 1.82) is 0 Å². The standard InChI is InChI=1S/C16H19NO/c1-12(17-16-8-9-18-11-16)14-7-6-13-4-2-3-5-15(13)10-14/h2-7,10,12,16-17H,8-9,11H2,1H3. The lowest BCUT2D eigenvalue weighted by atomic mass is 10.0. The van der Waals surface area contributed by atoms with Crippen LogP contribution in [-0.4, -0.2) is 19.3 Å². The van der Waals surface area contributed by atoms with E-state index in [4.69, 9.17) is 4.74 Å². The van der Waals surface area contributed by atoms with Crippen molar-refractivity contribution in [2.75, 3.05) is 13.2 Å². The maximum Gasteiger partial charge on any atom is 0.0620 e. The van der Waals surface area contributed by atoms with E-state index in [-0.39, 0.29) is 0 Å². The topological polar surface area (TPSA) is 21.3 Å². The molecule has 2 aromatic rings. The molecule has 2 atom stereocenters. The highest BCUT2D eigenvalue weighted by atomic mass is 16.5. The van der Waals surface area contributed by atoms with Crippen molar-refractivity contribution < 1.29 is 4.74 Å². The van der Waals surface area contributed by atoms with E-state index in [1.165, 1.54) is 16.3 Å². The Balaban J connectivity index is 1.80. The number of rotatable bonds is 3. The normalized spacial score (nSPS) is 21.3. The maximum atomic E-state index is 5.40. The van der Waals surface area contributed by atoms with Gasteiger partial charge in [0.25, 0.3) is 0 Å². The number of benzene rings is 2. The summed E-state index contributed by atoms with van der Waals surface area (Å²) in [5.41, 5.74) is 1.35. The predicted octanol–water partition coefficient (Wildman–Crippen LogP) is 3.28. The molecule has 1 heterocycles. The zero-order valence-corrected chi connectivity index (χ0v) is 10.7. The van der Waals surface area contributed by atoms with E-state index in [0.29, 0.717) is 12.1 Å². The molecule has 1 N–H and O–H groups in total. The van der Waals surface area contributed by atoms with Crippen LogP contribution in [-0.2, 0) is 4.74 Å². The maximum absolute atomic E-state index is 5.40. The number of ether oxygens (including phenoxy) is 1. The number of hydrogen-bond donors (Lipinski definition) is 1. The first-order chi connectivity index (χ1) is 8.83. The first kappa shape index (κ1) is 11.7. The van der Waals surface area contributed by atoms with Crippen molar-refractivity contribution in [3.8, 4) is 0 Å². The third-order valence-corrected chi connectivity index (χ3v) is 3.69. The molecule has 0 aliphatic carbocycles. The molecule has 3 rings (SSSR count). The van der Waals surface area contributed by atoms with Crippen LogP contribution < -0.4 is 5.32 Å². The van der Waals surface area contributed by atoms with Gasteiger partial charge in [-0.15, -0.1) is 0 Å². The summed E-state index contributed by atoms with van der Waals surface area (Å²) in [6, 6.07) is 16.1. The zero-order valence-electron chi connectivity index (χ0n) is 10.7. The molecule has 18 heavy (non-hydrogen) atoms. The smallest absolute Gasteiger partial charge is 0.0620 e. The van der Waals surface area contributed by atoms with Crippen LogP contribution >= 0.6 is 0 Å². The van der Waals surface area contributed by atoms with Crippen LogP contribution in [0.1, 0.15) is 24.9 Å². The second-order valence-corrected chi connectivity index (χ2v) is 5.06. The highest BCUT2D eigenvalue weighted by Gasteiger charge is 2.18. The van der Waals surface area contributed by atoms with Crippen molar-refractivity contribution in [1.82, 2.24) is 5.32 Å². The molecule has 0 aromatic heterocycles. The van der Waals surface area contributed by atoms with Gasteiger partial charge in [0.2, 0.25) is 0 Å². The van der Waals surface area contributed by atoms with E-state index >= 15 is 0 Å². The fourth-order valence-corrected chi connectivity index (χ4v) is 2.59. The van der Waals surface area contributed by atoms with Crippen molar-refractivity contribution in [2.24, 2.45) is 0 Å². The molecule has 2 unspecified atom stereocenters. The molecular formula is C16H19NO. The van der Waals surface area contributed by atoms with E-state index in [1.54, 1.807) is 0 Å². The highest BCUT2D eigenvalue weighted by molar-refractivity contribution is 5.83. The molecule has 0 amide bonds. The molecule has 2 aromatic carbocycles. The van der Waals surface area contributed by atoms with Gasteiger partial charge in [0.05, 0.1) is 6.61 Å². The Kier molecular flexibility index (Phi) is 3.31. The first-order valence-electron chi connectivity index (χ1n) is 6.65. The fraction of sp³-hybridized carbons (Fsp3) is 0.375. The number of hydrogen-bond acceptors (Lipinski definition) is 2. The Labute approximate surface area is 108 Å². The zero-order chi connectivity index (χ0) is 12.4. The molecule has 2 heteroatoms. The Hall–Kier alpha value is -1.38. The molecule has 1 aliphatic rings. The largest absolute Gasteiger partial charge is 0.380 e. The van der Waals surface area contributed by atoms with Crippen LogP contribution in [0.25, 0.3) is 10.8 Å². The number of fused-ring (bicyclic) bond motifs is 1. The molecule has 0 bridgehead atoms. The SMILES string of the molecule is CC(NC1CCOC1)c1ccc2ccccc2c1. The van der Waals surface area contributed by atoms with Gasteiger partial charge in [-0.1, -0.05) is 36.4 Å². The van der Waals surface area contributed by atoms with E-state index in [0.717, 1.165) is 19.6 Å². The quantitative estimate of drug-likeness (QED) is 0.890. The van der Waals surface area contributed by atoms with Crippen molar-refractivity contribution in [2.45, 2.75) is 25.4 Å². The summed E-state index contributed by atoms with van der Waals surface area (Å²) in [7, 11) is 0. The summed E-state index contributed by atoms with van der Waals surface area (Å²) in [5.74, 6) is 0. The molecule has 0 saturated carbocycles. The summed E-state index contributed by atoms with van der Waals surface area (Å²) in [6.07, 6.45) is 1.12. The summed E-state index contributed by atoms with van der Waals surface area (Å²) >= 11 is 0. The van der Waals surface area contributed by atoms with Crippen LogP contribution in [0, 0.1) is 0 Å². The summed E-state index contributed by atoms with van der Waals surface area (Å²) in [4.78, 5) is 0. The van der Waals surface area contributed by atoms with Gasteiger partial charge >= 0.3 is 0 Å². The molecule has 94 valence electrons. The molecular weight excluding hydrogens is 222 g/mol. The minimum absolute atomic E-state index is 0.376. The second-order valence-electron chi connectivity index (χ2n) is 5.06. The van der Waals surface area contributed by atoms with E-state index in [9.17, 15) is 0 Å². The van der Waals surface area contributed by atoms with Crippen LogP contribution in [0.4, 0.5) is 0 Å². The van der Waals surface area contributed by atoms with Gasteiger partial charge in [0.1, 0.15) is 0 Å². The van der Waals surface area contributed by atoms with Crippen molar-refractivity contribution >= 4 is 10.8 Å². The van der Waals surface area contributed by atoms with Crippen molar-refractivity contribution in [3.05, 3.63) is 48.0 Å². The van der Waals surface area contributed by atoms with E-state index in [2.05, 4.69) is 54.7 Å². The fourth-order valence-electron chi connectivity index (χ4n) is 2.59. The summed E-state index contributed by atoms with van der Waals surface area (Å²) < 4.78 is 5.40. The van der Waals surface area contributed by atoms with Crippen LogP contribution in [0.15, 0.2) is 42.5 Å². The van der Waals surface area contributed by atoms with Gasteiger partial charge in [-0.2, -0.15) is 0 Å². The van der Waals surface area contributed by atoms with Crippen molar-refractivity contribution in [3.63, 3.8) is 0 Å². The Morgan fingerprint density at radius 3 is 2.78 bits per heavy atom. The van der Waals surface area contributed by atoms with Gasteiger partial charge in [-0.3, -0.25) is 0 Å². The second kappa shape index (κ2) is 5.09. The average molecular weight is 241 g/mol. The third kappa shape index (κ3) is 2.40. The van der Waals surface area contributed by atoms with Crippen LogP contribution in [0.2, 0.25) is 0 Å². The lowest BCUT2D eigenvalue weighted by molar-refractivity contribution is 0.188. The van der Waals surface area contributed by atoms with Gasteiger partial charge in [-0.05, 0) is 35.7 Å². The van der Waals surface area contributed by atoms with Crippen LogP contribution in [0.3, 0.4) is 0 Å². The third-order valence-electron chi connectivity index (χ3n) is 3.69. The Bertz CT molecular complexity index is 531.